The molecular formula is C23H36N2O2. The van der Waals surface area contributed by atoms with E-state index in [1.54, 1.807) is 0 Å². The van der Waals surface area contributed by atoms with Crippen molar-refractivity contribution in [3.8, 4) is 0 Å². The number of hydrogen-bond acceptors (Lipinski definition) is 4. The fourth-order valence-electron chi connectivity index (χ4n) is 7.07. The van der Waals surface area contributed by atoms with Crippen LogP contribution < -0.4 is 5.73 Å². The first kappa shape index (κ1) is 19.2. The Bertz CT molecular complexity index is 657. The van der Waals surface area contributed by atoms with Crippen molar-refractivity contribution in [3.05, 3.63) is 12.2 Å². The van der Waals surface area contributed by atoms with Crippen molar-refractivity contribution < 1.29 is 9.63 Å². The number of oxime groups is 1. The molecule has 0 aliphatic heterocycles. The third-order valence-corrected chi connectivity index (χ3v) is 8.81. The van der Waals surface area contributed by atoms with Gasteiger partial charge in [-0.2, -0.15) is 0 Å². The topological polar surface area (TPSA) is 64.7 Å². The number of hydrogen-bond donors (Lipinski definition) is 1. The molecule has 2 N–H and O–H groups in total. The molecule has 0 spiro atoms. The number of allylic oxidation sites excluding steroid dienone is 1. The van der Waals surface area contributed by atoms with Crippen LogP contribution in [0.3, 0.4) is 0 Å². The van der Waals surface area contributed by atoms with Crippen molar-refractivity contribution in [3.63, 3.8) is 0 Å². The van der Waals surface area contributed by atoms with E-state index in [2.05, 4.69) is 25.6 Å². The van der Waals surface area contributed by atoms with E-state index < -0.39 is 0 Å². The Morgan fingerprint density at radius 1 is 1.19 bits per heavy atom. The summed E-state index contributed by atoms with van der Waals surface area (Å²) in [6, 6.07) is 0. The molecule has 4 nitrogen and oxygen atoms in total. The largest absolute Gasteiger partial charge is 0.396 e. The van der Waals surface area contributed by atoms with Gasteiger partial charge in [-0.25, -0.2) is 0 Å². The molecule has 27 heavy (non-hydrogen) atoms. The first-order chi connectivity index (χ1) is 12.9. The number of ketones is 1. The van der Waals surface area contributed by atoms with Gasteiger partial charge in [-0.3, -0.25) is 4.79 Å². The van der Waals surface area contributed by atoms with Crippen LogP contribution in [0.5, 0.6) is 0 Å². The lowest BCUT2D eigenvalue weighted by Crippen LogP contribution is -2.54. The highest BCUT2D eigenvalue weighted by atomic mass is 16.6. The zero-order chi connectivity index (χ0) is 19.2. The van der Waals surface area contributed by atoms with Gasteiger partial charge in [0.2, 0.25) is 0 Å². The molecule has 4 aliphatic carbocycles. The Hall–Kier alpha value is -1.16. The van der Waals surface area contributed by atoms with Crippen molar-refractivity contribution >= 4 is 11.5 Å². The summed E-state index contributed by atoms with van der Waals surface area (Å²) in [5, 5.41) is 4.43. The summed E-state index contributed by atoms with van der Waals surface area (Å²) in [4.78, 5) is 18.1. The number of carbonyl (C=O) groups excluding carboxylic acids is 1. The van der Waals surface area contributed by atoms with E-state index in [0.717, 1.165) is 44.9 Å². The highest BCUT2D eigenvalue weighted by Crippen LogP contribution is 2.66. The monoisotopic (exact) mass is 372 g/mol. The summed E-state index contributed by atoms with van der Waals surface area (Å²) in [5.74, 6) is 2.91. The summed E-state index contributed by atoms with van der Waals surface area (Å²) in [5.41, 5.74) is 8.44. The summed E-state index contributed by atoms with van der Waals surface area (Å²) >= 11 is 0. The second-order valence-corrected chi connectivity index (χ2v) is 10.1. The van der Waals surface area contributed by atoms with Crippen LogP contribution >= 0.6 is 0 Å². The van der Waals surface area contributed by atoms with E-state index in [4.69, 9.17) is 10.6 Å². The average Bonchev–Trinajstić information content (AvgIpc) is 2.95. The molecule has 0 saturated heterocycles. The highest BCUT2D eigenvalue weighted by Gasteiger charge is 2.61. The molecule has 4 heteroatoms. The average molecular weight is 373 g/mol. The Morgan fingerprint density at radius 3 is 2.78 bits per heavy atom. The predicted octanol–water partition coefficient (Wildman–Crippen LogP) is 4.49. The lowest BCUT2D eigenvalue weighted by atomic mass is 9.44. The van der Waals surface area contributed by atoms with E-state index in [-0.39, 0.29) is 5.41 Å². The van der Waals surface area contributed by atoms with Crippen molar-refractivity contribution in [1.29, 1.82) is 0 Å². The molecule has 4 rings (SSSR count). The van der Waals surface area contributed by atoms with Crippen molar-refractivity contribution in [1.82, 2.24) is 0 Å². The molecule has 6 atom stereocenters. The third kappa shape index (κ3) is 2.99. The summed E-state index contributed by atoms with van der Waals surface area (Å²) in [6.07, 6.45) is 9.38. The number of carbonyl (C=O) groups is 1. The summed E-state index contributed by atoms with van der Waals surface area (Å²) < 4.78 is 0. The second kappa shape index (κ2) is 7.02. The molecule has 0 aromatic heterocycles. The van der Waals surface area contributed by atoms with E-state index in [9.17, 15) is 4.79 Å². The fraction of sp³-hybridized carbons (Fsp3) is 0.826. The molecular weight excluding hydrogens is 336 g/mol. The van der Waals surface area contributed by atoms with Gasteiger partial charge in [0.1, 0.15) is 12.4 Å². The minimum Gasteiger partial charge on any atom is -0.396 e. The minimum absolute atomic E-state index is 0.0780. The lowest BCUT2D eigenvalue weighted by molar-refractivity contribution is -0.133. The number of Topliss-reactive ketones (excluding diaryl/α,β-unsaturated/α-hetero) is 1. The molecule has 0 bridgehead atoms. The van der Waals surface area contributed by atoms with Crippen LogP contribution in [-0.4, -0.2) is 24.6 Å². The molecule has 4 aliphatic rings. The molecule has 1 unspecified atom stereocenters. The van der Waals surface area contributed by atoms with E-state index >= 15 is 0 Å². The van der Waals surface area contributed by atoms with E-state index in [0.29, 0.717) is 48.0 Å². The van der Waals surface area contributed by atoms with Crippen LogP contribution in [0.2, 0.25) is 0 Å². The van der Waals surface area contributed by atoms with Crippen LogP contribution in [0.4, 0.5) is 0 Å². The van der Waals surface area contributed by atoms with E-state index in [1.165, 1.54) is 24.1 Å². The maximum atomic E-state index is 12.6. The van der Waals surface area contributed by atoms with Crippen molar-refractivity contribution in [2.75, 3.05) is 13.2 Å². The van der Waals surface area contributed by atoms with Crippen molar-refractivity contribution in [2.45, 2.75) is 71.6 Å². The third-order valence-electron chi connectivity index (χ3n) is 8.81. The van der Waals surface area contributed by atoms with Gasteiger partial charge in [0.15, 0.2) is 0 Å². The van der Waals surface area contributed by atoms with Crippen LogP contribution in [0.15, 0.2) is 17.3 Å². The maximum Gasteiger partial charge on any atom is 0.139 e. The Morgan fingerprint density at radius 2 is 2.00 bits per heavy atom. The standard InChI is InChI=1S/C23H36N2O2/c1-15-13-16-14-17(25-27-12-4-11-24)7-9-22(16,2)19-8-10-23(3)18(21(15)19)5-6-20(23)26/h16,18-19,21H,1,4-14,24H2,2-3H3/t16?,18-,19+,21-,22-,23-/m0/s1. The van der Waals surface area contributed by atoms with E-state index in [1.807, 2.05) is 0 Å². The second-order valence-electron chi connectivity index (χ2n) is 10.1. The predicted molar refractivity (Wildman–Crippen MR) is 108 cm³/mol. The minimum atomic E-state index is -0.0780. The Labute approximate surface area is 164 Å². The van der Waals surface area contributed by atoms with Crippen molar-refractivity contribution in [2.24, 2.45) is 45.4 Å². The Kier molecular flexibility index (Phi) is 4.99. The van der Waals surface area contributed by atoms with Gasteiger partial charge in [0.05, 0.1) is 5.71 Å². The van der Waals surface area contributed by atoms with Crippen LogP contribution in [0.1, 0.15) is 71.6 Å². The zero-order valence-electron chi connectivity index (χ0n) is 17.1. The van der Waals surface area contributed by atoms with Crippen LogP contribution in [-0.2, 0) is 9.63 Å². The first-order valence-electron chi connectivity index (χ1n) is 11.0. The maximum absolute atomic E-state index is 12.6. The normalized spacial score (nSPS) is 45.4. The number of fused-ring (bicyclic) bond motifs is 5. The molecule has 0 heterocycles. The van der Waals surface area contributed by atoms with Crippen LogP contribution in [0.25, 0.3) is 0 Å². The molecule has 4 saturated carbocycles. The smallest absolute Gasteiger partial charge is 0.139 e. The van der Waals surface area contributed by atoms with Gasteiger partial charge in [-0.1, -0.05) is 31.2 Å². The quantitative estimate of drug-likeness (QED) is 0.449. The number of rotatable bonds is 4. The number of nitrogens with zero attached hydrogens (tertiary/aromatic N) is 1. The van der Waals surface area contributed by atoms with Gasteiger partial charge in [-0.15, -0.1) is 0 Å². The van der Waals surface area contributed by atoms with Gasteiger partial charge < -0.3 is 10.6 Å². The molecule has 0 aromatic carbocycles. The lowest BCUT2D eigenvalue weighted by Gasteiger charge is -2.60. The summed E-state index contributed by atoms with van der Waals surface area (Å²) in [6.45, 7) is 10.6. The molecule has 150 valence electrons. The number of nitrogens with two attached hydrogens (primary N) is 1. The molecule has 0 radical (unpaired) electrons. The van der Waals surface area contributed by atoms with Gasteiger partial charge in [-0.05, 0) is 87.0 Å². The molecule has 4 fully saturated rings. The zero-order valence-corrected chi connectivity index (χ0v) is 17.1. The first-order valence-corrected chi connectivity index (χ1v) is 11.0. The fourth-order valence-corrected chi connectivity index (χ4v) is 7.07. The summed E-state index contributed by atoms with van der Waals surface area (Å²) in [7, 11) is 0. The van der Waals surface area contributed by atoms with Crippen LogP contribution in [0, 0.1) is 34.5 Å². The molecule has 0 aromatic rings. The van der Waals surface area contributed by atoms with Gasteiger partial charge >= 0.3 is 0 Å². The van der Waals surface area contributed by atoms with Gasteiger partial charge in [0.25, 0.3) is 0 Å². The Balaban J connectivity index is 1.52. The van der Waals surface area contributed by atoms with Gasteiger partial charge in [0, 0.05) is 11.8 Å². The molecule has 0 amide bonds. The SMILES string of the molecule is C=C1CC2CC(=NOCCCN)CC[C@]2(C)[C@@H]2CC[C@]3(C)C(=O)CC[C@H]3[C@H]12. The highest BCUT2D eigenvalue weighted by molar-refractivity contribution is 5.87.